The van der Waals surface area contributed by atoms with Gasteiger partial charge >= 0.3 is 0 Å². The largest absolute Gasteiger partial charge is 0.487 e. The quantitative estimate of drug-likeness (QED) is 0.575. The second-order valence-corrected chi connectivity index (χ2v) is 7.12. The van der Waals surface area contributed by atoms with E-state index in [1.807, 2.05) is 30.3 Å². The van der Waals surface area contributed by atoms with E-state index in [0.717, 1.165) is 5.56 Å². The third-order valence-corrected chi connectivity index (χ3v) is 5.13. The van der Waals surface area contributed by atoms with Crippen LogP contribution in [-0.4, -0.2) is 26.6 Å². The molecule has 122 valence electrons. The third-order valence-electron chi connectivity index (χ3n) is 3.18. The van der Waals surface area contributed by atoms with Gasteiger partial charge in [-0.15, -0.1) is 0 Å². The number of carbonyl (C=O) groups excluding carboxylic acids is 1. The summed E-state index contributed by atoms with van der Waals surface area (Å²) in [6.45, 7) is 0.235. The Kier molecular flexibility index (Phi) is 5.92. The lowest BCUT2D eigenvalue weighted by Crippen LogP contribution is -2.20. The number of carbonyl (C=O) groups is 1. The molecule has 23 heavy (non-hydrogen) atoms. The van der Waals surface area contributed by atoms with Crippen molar-refractivity contribution in [2.45, 2.75) is 11.5 Å². The fraction of sp³-hybridized carbons (Fsp3) is 0.188. The van der Waals surface area contributed by atoms with E-state index in [4.69, 9.17) is 4.74 Å². The van der Waals surface area contributed by atoms with E-state index < -0.39 is 10.0 Å². The lowest BCUT2D eigenvalue weighted by molar-refractivity contribution is 0.102. The minimum atomic E-state index is -3.74. The molecular weight excluding hydrogens is 382 g/mol. The number of ketones is 1. The molecule has 5 nitrogen and oxygen atoms in total. The molecule has 0 heterocycles. The highest BCUT2D eigenvalue weighted by molar-refractivity contribution is 9.09. The Balaban J connectivity index is 2.36. The molecule has 2 aromatic carbocycles. The lowest BCUT2D eigenvalue weighted by Gasteiger charge is -2.13. The van der Waals surface area contributed by atoms with Gasteiger partial charge in [0, 0.05) is 5.56 Å². The maximum absolute atomic E-state index is 12.2. The van der Waals surface area contributed by atoms with Gasteiger partial charge in [-0.25, -0.2) is 13.1 Å². The van der Waals surface area contributed by atoms with Crippen molar-refractivity contribution in [1.29, 1.82) is 0 Å². The van der Waals surface area contributed by atoms with E-state index in [2.05, 4.69) is 20.7 Å². The summed E-state index contributed by atoms with van der Waals surface area (Å²) in [5, 5.41) is 0.121. The van der Waals surface area contributed by atoms with Crippen LogP contribution in [0.15, 0.2) is 53.4 Å². The van der Waals surface area contributed by atoms with Gasteiger partial charge in [-0.3, -0.25) is 4.79 Å². The van der Waals surface area contributed by atoms with Gasteiger partial charge in [-0.2, -0.15) is 0 Å². The van der Waals surface area contributed by atoms with Gasteiger partial charge in [0.15, 0.2) is 5.78 Å². The average Bonchev–Trinajstić information content (AvgIpc) is 2.60. The molecule has 0 aliphatic heterocycles. The van der Waals surface area contributed by atoms with E-state index in [1.165, 1.54) is 19.2 Å². The topological polar surface area (TPSA) is 72.5 Å². The summed E-state index contributed by atoms with van der Waals surface area (Å²) in [6.07, 6.45) is 0. The fourth-order valence-corrected chi connectivity index (χ4v) is 3.15. The van der Waals surface area contributed by atoms with Gasteiger partial charge in [-0.05, 0) is 30.8 Å². The zero-order valence-electron chi connectivity index (χ0n) is 12.5. The summed E-state index contributed by atoms with van der Waals surface area (Å²) < 4.78 is 32.3. The van der Waals surface area contributed by atoms with Crippen LogP contribution in [0.4, 0.5) is 0 Å². The fourth-order valence-electron chi connectivity index (χ4n) is 1.93. The maximum atomic E-state index is 12.2. The second kappa shape index (κ2) is 7.72. The van der Waals surface area contributed by atoms with Crippen LogP contribution in [0.25, 0.3) is 0 Å². The maximum Gasteiger partial charge on any atom is 0.244 e. The highest BCUT2D eigenvalue weighted by atomic mass is 79.9. The predicted molar refractivity (Wildman–Crippen MR) is 91.6 cm³/mol. The first kappa shape index (κ1) is 17.7. The molecular formula is C16H16BrNO4S. The van der Waals surface area contributed by atoms with Crippen molar-refractivity contribution in [3.05, 3.63) is 59.7 Å². The number of hydrogen-bond donors (Lipinski definition) is 1. The van der Waals surface area contributed by atoms with Crippen LogP contribution >= 0.6 is 15.9 Å². The van der Waals surface area contributed by atoms with Crippen LogP contribution in [0.3, 0.4) is 0 Å². The van der Waals surface area contributed by atoms with E-state index in [0.29, 0.717) is 5.56 Å². The van der Waals surface area contributed by atoms with Crippen LogP contribution < -0.4 is 9.46 Å². The van der Waals surface area contributed by atoms with Crippen molar-refractivity contribution >= 4 is 31.7 Å². The SMILES string of the molecule is CNS(=O)(=O)c1cc(C(=O)CBr)ccc1OCc1ccccc1. The van der Waals surface area contributed by atoms with Crippen LogP contribution in [0.2, 0.25) is 0 Å². The molecule has 2 rings (SSSR count). The Bertz CT molecular complexity index is 791. The van der Waals surface area contributed by atoms with E-state index in [9.17, 15) is 13.2 Å². The van der Waals surface area contributed by atoms with Gasteiger partial charge in [-0.1, -0.05) is 46.3 Å². The molecule has 1 N–H and O–H groups in total. The molecule has 0 saturated heterocycles. The Morgan fingerprint density at radius 1 is 1.17 bits per heavy atom. The highest BCUT2D eigenvalue weighted by Gasteiger charge is 2.20. The summed E-state index contributed by atoms with van der Waals surface area (Å²) >= 11 is 3.08. The number of benzene rings is 2. The van der Waals surface area contributed by atoms with Crippen molar-refractivity contribution in [1.82, 2.24) is 4.72 Å². The van der Waals surface area contributed by atoms with Crippen LogP contribution in [0, 0.1) is 0 Å². The molecule has 0 unspecified atom stereocenters. The number of hydrogen-bond acceptors (Lipinski definition) is 4. The molecule has 0 aliphatic rings. The summed E-state index contributed by atoms with van der Waals surface area (Å²) in [5.41, 5.74) is 1.23. The van der Waals surface area contributed by atoms with Gasteiger partial charge in [0.1, 0.15) is 17.3 Å². The number of sulfonamides is 1. The number of nitrogens with one attached hydrogen (secondary N) is 1. The Morgan fingerprint density at radius 3 is 2.48 bits per heavy atom. The van der Waals surface area contributed by atoms with Gasteiger partial charge in [0.05, 0.1) is 5.33 Å². The van der Waals surface area contributed by atoms with Crippen LogP contribution in [-0.2, 0) is 16.6 Å². The molecule has 2 aromatic rings. The lowest BCUT2D eigenvalue weighted by atomic mass is 10.1. The van der Waals surface area contributed by atoms with E-state index >= 15 is 0 Å². The number of Topliss-reactive ketones (excluding diaryl/α,β-unsaturated/α-hetero) is 1. The van der Waals surface area contributed by atoms with E-state index in [1.54, 1.807) is 6.07 Å². The van der Waals surface area contributed by atoms with Crippen molar-refractivity contribution in [2.75, 3.05) is 12.4 Å². The van der Waals surface area contributed by atoms with Crippen LogP contribution in [0.1, 0.15) is 15.9 Å². The molecule has 0 aromatic heterocycles. The molecule has 0 saturated carbocycles. The van der Waals surface area contributed by atoms with Gasteiger partial charge in [0.2, 0.25) is 10.0 Å². The zero-order chi connectivity index (χ0) is 16.9. The minimum Gasteiger partial charge on any atom is -0.487 e. The molecule has 7 heteroatoms. The normalized spacial score (nSPS) is 11.2. The number of halogens is 1. The minimum absolute atomic E-state index is 0.0530. The van der Waals surface area contributed by atoms with E-state index in [-0.39, 0.29) is 28.4 Å². The molecule has 0 aliphatic carbocycles. The number of rotatable bonds is 7. The predicted octanol–water partition coefficient (Wildman–Crippen LogP) is 2.75. The Hall–Kier alpha value is -1.70. The molecule has 0 bridgehead atoms. The van der Waals surface area contributed by atoms with Crippen molar-refractivity contribution < 1.29 is 17.9 Å². The average molecular weight is 398 g/mol. The number of ether oxygens (including phenoxy) is 1. The van der Waals surface area contributed by atoms with Crippen molar-refractivity contribution in [2.24, 2.45) is 0 Å². The first-order valence-electron chi connectivity index (χ1n) is 6.81. The molecule has 0 atom stereocenters. The number of alkyl halides is 1. The van der Waals surface area contributed by atoms with Crippen molar-refractivity contribution in [3.8, 4) is 5.75 Å². The summed E-state index contributed by atoms with van der Waals surface area (Å²) in [6, 6.07) is 13.8. The highest BCUT2D eigenvalue weighted by Crippen LogP contribution is 2.26. The Morgan fingerprint density at radius 2 is 1.87 bits per heavy atom. The monoisotopic (exact) mass is 397 g/mol. The van der Waals surface area contributed by atoms with Crippen molar-refractivity contribution in [3.63, 3.8) is 0 Å². The molecule has 0 amide bonds. The Labute approximate surface area is 143 Å². The van der Waals surface area contributed by atoms with Gasteiger partial charge in [0.25, 0.3) is 0 Å². The smallest absolute Gasteiger partial charge is 0.244 e. The third kappa shape index (κ3) is 4.40. The summed E-state index contributed by atoms with van der Waals surface area (Å²) in [4.78, 5) is 11.7. The zero-order valence-corrected chi connectivity index (χ0v) is 14.9. The second-order valence-electron chi connectivity index (χ2n) is 4.70. The summed E-state index contributed by atoms with van der Waals surface area (Å²) in [5.74, 6) is 0.00138. The molecule has 0 spiro atoms. The first-order chi connectivity index (χ1) is 11.0. The first-order valence-corrected chi connectivity index (χ1v) is 9.42. The summed E-state index contributed by atoms with van der Waals surface area (Å²) in [7, 11) is -2.43. The molecule has 0 fully saturated rings. The van der Waals surface area contributed by atoms with Gasteiger partial charge < -0.3 is 4.74 Å². The van der Waals surface area contributed by atoms with Crippen LogP contribution in [0.5, 0.6) is 5.75 Å². The molecule has 0 radical (unpaired) electrons. The standard InChI is InChI=1S/C16H16BrNO4S/c1-18-23(20,21)16-9-13(14(19)10-17)7-8-15(16)22-11-12-5-3-2-4-6-12/h2-9,18H,10-11H2,1H3.